The van der Waals surface area contributed by atoms with Crippen LogP contribution in [0.5, 0.6) is 0 Å². The summed E-state index contributed by atoms with van der Waals surface area (Å²) in [6.07, 6.45) is -0.185. The van der Waals surface area contributed by atoms with E-state index in [9.17, 15) is 14.4 Å². The monoisotopic (exact) mass is 301 g/mol. The fourth-order valence-corrected chi connectivity index (χ4v) is 2.11. The first-order chi connectivity index (χ1) is 9.86. The van der Waals surface area contributed by atoms with E-state index < -0.39 is 17.9 Å². The van der Waals surface area contributed by atoms with Crippen molar-refractivity contribution in [2.75, 3.05) is 33.3 Å². The van der Waals surface area contributed by atoms with Gasteiger partial charge < -0.3 is 20.1 Å². The van der Waals surface area contributed by atoms with Crippen molar-refractivity contribution in [1.82, 2.24) is 15.5 Å². The quantitative estimate of drug-likeness (QED) is 0.618. The van der Waals surface area contributed by atoms with Crippen LogP contribution in [0.2, 0.25) is 0 Å². The molecule has 8 heteroatoms. The van der Waals surface area contributed by atoms with Crippen molar-refractivity contribution < 1.29 is 24.2 Å². The zero-order chi connectivity index (χ0) is 15.8. The number of likely N-dealkylation sites (N-methyl/N-ethyl adjacent to an activating group) is 1. The molecule has 0 aliphatic carbocycles. The van der Waals surface area contributed by atoms with Crippen molar-refractivity contribution in [1.29, 1.82) is 0 Å². The molecule has 120 valence electrons. The molecule has 2 unspecified atom stereocenters. The maximum absolute atomic E-state index is 11.6. The van der Waals surface area contributed by atoms with E-state index in [4.69, 9.17) is 9.84 Å². The van der Waals surface area contributed by atoms with Crippen LogP contribution in [0.4, 0.5) is 4.79 Å². The molecule has 0 radical (unpaired) electrons. The number of urea groups is 1. The molecule has 1 fully saturated rings. The van der Waals surface area contributed by atoms with E-state index in [1.807, 2.05) is 7.05 Å². The van der Waals surface area contributed by atoms with Gasteiger partial charge in [0.25, 0.3) is 0 Å². The number of aliphatic carboxylic acids is 1. The van der Waals surface area contributed by atoms with Gasteiger partial charge in [0, 0.05) is 32.5 Å². The second-order valence-corrected chi connectivity index (χ2v) is 5.42. The minimum absolute atomic E-state index is 0.00237. The van der Waals surface area contributed by atoms with E-state index in [0.717, 1.165) is 13.1 Å². The number of rotatable bonds is 6. The first kappa shape index (κ1) is 17.4. The summed E-state index contributed by atoms with van der Waals surface area (Å²) in [5, 5.41) is 13.4. The summed E-state index contributed by atoms with van der Waals surface area (Å²) in [5.74, 6) is -1.76. The van der Waals surface area contributed by atoms with Crippen LogP contribution in [-0.2, 0) is 14.3 Å². The molecule has 2 atom stereocenters. The lowest BCUT2D eigenvalue weighted by atomic mass is 10.0. The molecule has 1 saturated heterocycles. The summed E-state index contributed by atoms with van der Waals surface area (Å²) < 4.78 is 5.48. The molecule has 21 heavy (non-hydrogen) atoms. The second kappa shape index (κ2) is 8.58. The van der Waals surface area contributed by atoms with Crippen LogP contribution in [-0.4, -0.2) is 67.3 Å². The molecule has 0 spiro atoms. The first-order valence-corrected chi connectivity index (χ1v) is 6.96. The van der Waals surface area contributed by atoms with Crippen LogP contribution in [0, 0.1) is 5.92 Å². The third-order valence-corrected chi connectivity index (χ3v) is 3.14. The van der Waals surface area contributed by atoms with Crippen LogP contribution < -0.4 is 10.6 Å². The van der Waals surface area contributed by atoms with Crippen molar-refractivity contribution in [3.63, 3.8) is 0 Å². The predicted octanol–water partition coefficient (Wildman–Crippen LogP) is -0.356. The van der Waals surface area contributed by atoms with Crippen molar-refractivity contribution in [3.05, 3.63) is 0 Å². The molecule has 0 aromatic carbocycles. The fraction of sp³-hybridized carbons (Fsp3) is 0.769. The average Bonchev–Trinajstić information content (AvgIpc) is 2.35. The molecule has 1 aliphatic heterocycles. The van der Waals surface area contributed by atoms with E-state index in [-0.39, 0.29) is 24.9 Å². The van der Waals surface area contributed by atoms with Gasteiger partial charge in [-0.25, -0.2) is 4.79 Å². The summed E-state index contributed by atoms with van der Waals surface area (Å²) in [4.78, 5) is 35.7. The molecule has 3 amide bonds. The number of amides is 3. The van der Waals surface area contributed by atoms with Gasteiger partial charge in [0.2, 0.25) is 5.91 Å². The third-order valence-electron chi connectivity index (χ3n) is 3.14. The zero-order valence-corrected chi connectivity index (χ0v) is 12.4. The lowest BCUT2D eigenvalue weighted by molar-refractivity contribution is -0.138. The van der Waals surface area contributed by atoms with Crippen LogP contribution in [0.3, 0.4) is 0 Å². The zero-order valence-electron chi connectivity index (χ0n) is 12.4. The first-order valence-electron chi connectivity index (χ1n) is 6.96. The lowest BCUT2D eigenvalue weighted by Crippen LogP contribution is -2.48. The molecular formula is C13H23N3O5. The highest BCUT2D eigenvalue weighted by atomic mass is 16.5. The number of carboxylic acid groups (broad SMARTS) is 1. The topological polar surface area (TPSA) is 108 Å². The third kappa shape index (κ3) is 7.62. The van der Waals surface area contributed by atoms with E-state index in [1.54, 1.807) is 6.92 Å². The Labute approximate surface area is 123 Å². The second-order valence-electron chi connectivity index (χ2n) is 5.42. The normalized spacial score (nSPS) is 20.6. The number of carbonyl (C=O) groups excluding carboxylic acids is 2. The van der Waals surface area contributed by atoms with Gasteiger partial charge in [0.15, 0.2) is 0 Å². The Balaban J connectivity index is 2.20. The summed E-state index contributed by atoms with van der Waals surface area (Å²) in [7, 11) is 1.98. The van der Waals surface area contributed by atoms with Crippen LogP contribution in [0.25, 0.3) is 0 Å². The molecule has 1 rings (SSSR count). The fourth-order valence-electron chi connectivity index (χ4n) is 2.11. The minimum Gasteiger partial charge on any atom is -0.481 e. The van der Waals surface area contributed by atoms with Gasteiger partial charge in [-0.1, -0.05) is 6.92 Å². The molecule has 0 bridgehead atoms. The summed E-state index contributed by atoms with van der Waals surface area (Å²) >= 11 is 0. The molecule has 8 nitrogen and oxygen atoms in total. The maximum Gasteiger partial charge on any atom is 0.321 e. The van der Waals surface area contributed by atoms with E-state index >= 15 is 0 Å². The standard InChI is InChI=1S/C13H23N3O5/c1-9(6-12(18)19)5-11(17)15-13(20)14-7-10-8-16(2)3-4-21-10/h9-10H,3-8H2,1-2H3,(H,18,19)(H2,14,15,17,20). The van der Waals surface area contributed by atoms with Crippen LogP contribution in [0.15, 0.2) is 0 Å². The highest BCUT2D eigenvalue weighted by Gasteiger charge is 2.19. The largest absolute Gasteiger partial charge is 0.481 e. The molecule has 3 N–H and O–H groups in total. The highest BCUT2D eigenvalue weighted by Crippen LogP contribution is 2.06. The number of morpholine rings is 1. The van der Waals surface area contributed by atoms with Gasteiger partial charge in [-0.3, -0.25) is 14.9 Å². The molecule has 0 saturated carbocycles. The van der Waals surface area contributed by atoms with Crippen molar-refractivity contribution in [3.8, 4) is 0 Å². The molecular weight excluding hydrogens is 278 g/mol. The van der Waals surface area contributed by atoms with Gasteiger partial charge in [-0.2, -0.15) is 0 Å². The molecule has 0 aromatic rings. The van der Waals surface area contributed by atoms with E-state index in [1.165, 1.54) is 0 Å². The van der Waals surface area contributed by atoms with E-state index in [2.05, 4.69) is 15.5 Å². The lowest BCUT2D eigenvalue weighted by Gasteiger charge is -2.30. The summed E-state index contributed by atoms with van der Waals surface area (Å²) in [6.45, 7) is 4.19. The number of carbonyl (C=O) groups is 3. The predicted molar refractivity (Wildman–Crippen MR) is 74.8 cm³/mol. The Morgan fingerprint density at radius 3 is 2.71 bits per heavy atom. The number of hydrogen-bond donors (Lipinski definition) is 3. The molecule has 0 aromatic heterocycles. The maximum atomic E-state index is 11.6. The number of imide groups is 1. The van der Waals surface area contributed by atoms with E-state index in [0.29, 0.717) is 13.2 Å². The molecule has 1 aliphatic rings. The Bertz CT molecular complexity index is 388. The average molecular weight is 301 g/mol. The Kier molecular flexibility index (Phi) is 7.10. The Morgan fingerprint density at radius 1 is 1.38 bits per heavy atom. The minimum atomic E-state index is -0.960. The number of nitrogens with zero attached hydrogens (tertiary/aromatic N) is 1. The number of hydrogen-bond acceptors (Lipinski definition) is 5. The summed E-state index contributed by atoms with van der Waals surface area (Å²) in [6, 6.07) is -0.584. The smallest absolute Gasteiger partial charge is 0.321 e. The van der Waals surface area contributed by atoms with Crippen LogP contribution >= 0.6 is 0 Å². The van der Waals surface area contributed by atoms with Crippen molar-refractivity contribution in [2.24, 2.45) is 5.92 Å². The number of carboxylic acids is 1. The van der Waals surface area contributed by atoms with Crippen molar-refractivity contribution in [2.45, 2.75) is 25.9 Å². The van der Waals surface area contributed by atoms with Crippen LogP contribution in [0.1, 0.15) is 19.8 Å². The molecule has 1 heterocycles. The highest BCUT2D eigenvalue weighted by molar-refractivity contribution is 5.94. The van der Waals surface area contributed by atoms with Gasteiger partial charge in [0.05, 0.1) is 12.7 Å². The van der Waals surface area contributed by atoms with Gasteiger partial charge in [-0.15, -0.1) is 0 Å². The van der Waals surface area contributed by atoms with Gasteiger partial charge >= 0.3 is 12.0 Å². The van der Waals surface area contributed by atoms with Gasteiger partial charge in [0.1, 0.15) is 0 Å². The number of nitrogens with one attached hydrogen (secondary N) is 2. The Hall–Kier alpha value is -1.67. The Morgan fingerprint density at radius 2 is 2.10 bits per heavy atom. The van der Waals surface area contributed by atoms with Crippen molar-refractivity contribution >= 4 is 17.9 Å². The number of ether oxygens (including phenoxy) is 1. The SMILES string of the molecule is CC(CC(=O)O)CC(=O)NC(=O)NCC1CN(C)CCO1. The van der Waals surface area contributed by atoms with Gasteiger partial charge in [-0.05, 0) is 13.0 Å². The summed E-state index contributed by atoms with van der Waals surface area (Å²) in [5.41, 5.74) is 0.